The number of carboxylic acid groups (broad SMARTS) is 2. The summed E-state index contributed by atoms with van der Waals surface area (Å²) in [7, 11) is 0. The zero-order valence-electron chi connectivity index (χ0n) is 21.3. The molecule has 0 aliphatic carbocycles. The van der Waals surface area contributed by atoms with E-state index in [-0.39, 0.29) is 11.1 Å². The molecule has 0 bridgehead atoms. The Morgan fingerprint density at radius 3 is 1.08 bits per heavy atom. The number of benzene rings is 2. The van der Waals surface area contributed by atoms with Gasteiger partial charge >= 0.3 is 11.9 Å². The Morgan fingerprint density at radius 1 is 0.583 bits per heavy atom. The number of unbranched alkanes of at least 4 members (excludes halogenated alkanes) is 5. The van der Waals surface area contributed by atoms with Gasteiger partial charge in [-0.25, -0.2) is 9.59 Å². The first-order valence-corrected chi connectivity index (χ1v) is 12.0. The minimum atomic E-state index is -3.96. The summed E-state index contributed by atoms with van der Waals surface area (Å²) in [6, 6.07) is 10.3. The molecule has 2 atom stereocenters. The van der Waals surface area contributed by atoms with E-state index in [2.05, 4.69) is 13.8 Å². The topological polar surface area (TPSA) is 149 Å². The second-order valence-corrected chi connectivity index (χ2v) is 8.84. The van der Waals surface area contributed by atoms with Gasteiger partial charge in [0.1, 0.15) is 0 Å². The van der Waals surface area contributed by atoms with Crippen LogP contribution in [0.1, 0.15) is 84.2 Å². The second kappa shape index (κ2) is 13.7. The molecule has 2 aromatic rings. The first kappa shape index (κ1) is 30.7. The number of aliphatic carboxylic acids is 2. The summed E-state index contributed by atoms with van der Waals surface area (Å²) in [6.45, 7) is 7.89. The molecule has 0 fully saturated rings. The van der Waals surface area contributed by atoms with Crippen LogP contribution in [0.5, 0.6) is 0 Å². The van der Waals surface area contributed by atoms with Gasteiger partial charge in [0.15, 0.2) is 0 Å². The third-order valence-corrected chi connectivity index (χ3v) is 5.88. The van der Waals surface area contributed by atoms with Gasteiger partial charge in [-0.3, -0.25) is 9.59 Å². The van der Waals surface area contributed by atoms with E-state index in [1.165, 1.54) is 62.8 Å². The molecule has 0 unspecified atom stereocenters. The van der Waals surface area contributed by atoms with Crippen LogP contribution in [0.15, 0.2) is 48.5 Å². The molecule has 2 rings (SSSR count). The van der Waals surface area contributed by atoms with Crippen LogP contribution in [-0.4, -0.2) is 55.1 Å². The molecule has 0 saturated heterocycles. The molecule has 0 spiro atoms. The average Bonchev–Trinajstić information content (AvgIpc) is 2.85. The molecule has 0 radical (unpaired) electrons. The molecule has 8 nitrogen and oxygen atoms in total. The van der Waals surface area contributed by atoms with E-state index in [1.54, 1.807) is 13.8 Å². The highest BCUT2D eigenvalue weighted by Gasteiger charge is 2.69. The number of carboxylic acids is 2. The fourth-order valence-electron chi connectivity index (χ4n) is 3.51. The average molecular weight is 501 g/mol. The Bertz CT molecular complexity index is 957. The number of hydrogen-bond donors (Lipinski definition) is 4. The number of rotatable bonds is 12. The van der Waals surface area contributed by atoms with E-state index >= 15 is 0 Å². The Morgan fingerprint density at radius 2 is 0.861 bits per heavy atom. The van der Waals surface area contributed by atoms with Gasteiger partial charge in [0.05, 0.1) is 0 Å². The summed E-state index contributed by atoms with van der Waals surface area (Å²) >= 11 is 0. The summed E-state index contributed by atoms with van der Waals surface area (Å²) in [4.78, 5) is 49.1. The standard InChI is InChI=1S/C20H18O8.C8H18/c1-11-3-7-13(8-4-11)15(21)19(27,17(23)24)20(28,18(25)26)16(22)14-9-5-12(2)6-10-14;1-3-5-7-8-6-4-2/h3-10,27-28H,1-2H3,(H,23,24)(H,25,26);3-8H2,1-2H3/t19-,20-;/m1./s1. The maximum atomic E-state index is 12.8. The zero-order chi connectivity index (χ0) is 27.5. The molecule has 196 valence electrons. The predicted molar refractivity (Wildman–Crippen MR) is 135 cm³/mol. The molecular weight excluding hydrogens is 464 g/mol. The lowest BCUT2D eigenvalue weighted by atomic mass is 9.73. The Hall–Kier alpha value is -3.36. The highest BCUT2D eigenvalue weighted by molar-refractivity contribution is 6.28. The van der Waals surface area contributed by atoms with Crippen molar-refractivity contribution in [1.29, 1.82) is 0 Å². The molecule has 0 aliphatic heterocycles. The lowest BCUT2D eigenvalue weighted by molar-refractivity contribution is -0.187. The van der Waals surface area contributed by atoms with Crippen molar-refractivity contribution in [2.75, 3.05) is 0 Å². The van der Waals surface area contributed by atoms with Crippen molar-refractivity contribution in [3.05, 3.63) is 70.8 Å². The fraction of sp³-hybridized carbons (Fsp3) is 0.429. The number of ketones is 2. The van der Waals surface area contributed by atoms with Crippen LogP contribution in [0.2, 0.25) is 0 Å². The summed E-state index contributed by atoms with van der Waals surface area (Å²) in [5.74, 6) is -8.01. The smallest absolute Gasteiger partial charge is 0.348 e. The van der Waals surface area contributed by atoms with Crippen molar-refractivity contribution < 1.29 is 39.6 Å². The van der Waals surface area contributed by atoms with Crippen molar-refractivity contribution in [3.63, 3.8) is 0 Å². The van der Waals surface area contributed by atoms with E-state index < -0.39 is 34.7 Å². The van der Waals surface area contributed by atoms with Crippen LogP contribution in [0, 0.1) is 13.8 Å². The molecule has 2 aromatic carbocycles. The SMILES string of the molecule is CCCCCCCC.Cc1ccc(C(=O)[C@@](O)(C(=O)O)[C@](O)(C(=O)O)C(=O)c2ccc(C)cc2)cc1. The molecule has 36 heavy (non-hydrogen) atoms. The Balaban J connectivity index is 0.000000697. The van der Waals surface area contributed by atoms with Gasteiger partial charge in [0.2, 0.25) is 11.6 Å². The molecule has 0 amide bonds. The van der Waals surface area contributed by atoms with Crippen molar-refractivity contribution >= 4 is 23.5 Å². The summed E-state index contributed by atoms with van der Waals surface area (Å²) < 4.78 is 0. The van der Waals surface area contributed by atoms with Crippen LogP contribution >= 0.6 is 0 Å². The normalized spacial score (nSPS) is 13.9. The molecule has 0 aromatic heterocycles. The first-order valence-electron chi connectivity index (χ1n) is 12.0. The van der Waals surface area contributed by atoms with Gasteiger partial charge < -0.3 is 20.4 Å². The first-order chi connectivity index (χ1) is 16.9. The van der Waals surface area contributed by atoms with Gasteiger partial charge in [-0.15, -0.1) is 0 Å². The number of carbonyl (C=O) groups excluding carboxylic acids is 2. The second-order valence-electron chi connectivity index (χ2n) is 8.84. The largest absolute Gasteiger partial charge is 0.479 e. The van der Waals surface area contributed by atoms with Crippen LogP contribution < -0.4 is 0 Å². The maximum absolute atomic E-state index is 12.8. The molecular formula is C28H36O8. The Kier molecular flexibility index (Phi) is 11.6. The Labute approximate surface area is 211 Å². The highest BCUT2D eigenvalue weighted by atomic mass is 16.5. The molecule has 0 saturated carbocycles. The zero-order valence-corrected chi connectivity index (χ0v) is 21.3. The summed E-state index contributed by atoms with van der Waals surface area (Å²) in [6.07, 6.45) is 8.49. The van der Waals surface area contributed by atoms with E-state index in [0.717, 1.165) is 24.3 Å². The predicted octanol–water partition coefficient (Wildman–Crippen LogP) is 4.37. The third kappa shape index (κ3) is 6.86. The minimum absolute atomic E-state index is 0.383. The van der Waals surface area contributed by atoms with Gasteiger partial charge in [-0.05, 0) is 13.8 Å². The maximum Gasteiger partial charge on any atom is 0.348 e. The van der Waals surface area contributed by atoms with E-state index in [0.29, 0.717) is 11.1 Å². The van der Waals surface area contributed by atoms with Gasteiger partial charge in [0, 0.05) is 11.1 Å². The minimum Gasteiger partial charge on any atom is -0.479 e. The quantitative estimate of drug-likeness (QED) is 0.191. The van der Waals surface area contributed by atoms with Crippen molar-refractivity contribution in [2.24, 2.45) is 0 Å². The number of aliphatic hydroxyl groups is 2. The highest BCUT2D eigenvalue weighted by Crippen LogP contribution is 2.32. The molecule has 8 heteroatoms. The molecule has 0 aliphatic rings. The van der Waals surface area contributed by atoms with Crippen molar-refractivity contribution in [3.8, 4) is 0 Å². The fourth-order valence-corrected chi connectivity index (χ4v) is 3.51. The van der Waals surface area contributed by atoms with E-state index in [9.17, 15) is 39.6 Å². The van der Waals surface area contributed by atoms with Gasteiger partial charge in [-0.1, -0.05) is 112 Å². The number of aryl methyl sites for hydroxylation is 2. The van der Waals surface area contributed by atoms with Crippen LogP contribution in [0.3, 0.4) is 0 Å². The monoisotopic (exact) mass is 500 g/mol. The summed E-state index contributed by atoms with van der Waals surface area (Å²) in [5.41, 5.74) is -7.27. The summed E-state index contributed by atoms with van der Waals surface area (Å²) in [5, 5.41) is 40.3. The van der Waals surface area contributed by atoms with Gasteiger partial charge in [-0.2, -0.15) is 0 Å². The lowest BCUT2D eigenvalue weighted by Crippen LogP contribution is -2.71. The van der Waals surface area contributed by atoms with E-state index in [4.69, 9.17) is 0 Å². The number of Topliss-reactive ketones (excluding diaryl/α,β-unsaturated/α-hetero) is 2. The van der Waals surface area contributed by atoms with Gasteiger partial charge in [0.25, 0.3) is 11.2 Å². The van der Waals surface area contributed by atoms with Crippen molar-refractivity contribution in [2.45, 2.75) is 77.4 Å². The van der Waals surface area contributed by atoms with Crippen LogP contribution in [0.4, 0.5) is 0 Å². The van der Waals surface area contributed by atoms with Crippen molar-refractivity contribution in [1.82, 2.24) is 0 Å². The van der Waals surface area contributed by atoms with Crippen LogP contribution in [0.25, 0.3) is 0 Å². The third-order valence-electron chi connectivity index (χ3n) is 5.88. The number of carbonyl (C=O) groups is 4. The molecule has 0 heterocycles. The lowest BCUT2D eigenvalue weighted by Gasteiger charge is -2.34. The number of hydrogen-bond acceptors (Lipinski definition) is 6. The van der Waals surface area contributed by atoms with E-state index in [1.807, 2.05) is 0 Å². The molecule has 4 N–H and O–H groups in total. The van der Waals surface area contributed by atoms with Crippen LogP contribution in [-0.2, 0) is 9.59 Å².